The quantitative estimate of drug-likeness (QED) is 0.754. The molecule has 1 aliphatic heterocycles. The van der Waals surface area contributed by atoms with Crippen molar-refractivity contribution in [3.05, 3.63) is 0 Å². The fraction of sp³-hybridized carbons (Fsp3) is 1.00. The van der Waals surface area contributed by atoms with Crippen molar-refractivity contribution in [3.63, 3.8) is 0 Å². The first-order valence-electron chi connectivity index (χ1n) is 6.68. The lowest BCUT2D eigenvalue weighted by molar-refractivity contribution is 0.0749. The summed E-state index contributed by atoms with van der Waals surface area (Å²) in [6.07, 6.45) is 7.29. The lowest BCUT2D eigenvalue weighted by Crippen LogP contribution is -2.47. The van der Waals surface area contributed by atoms with E-state index in [1.165, 1.54) is 38.6 Å². The van der Waals surface area contributed by atoms with Crippen LogP contribution in [0.25, 0.3) is 0 Å². The van der Waals surface area contributed by atoms with Gasteiger partial charge in [0.25, 0.3) is 0 Å². The second-order valence-corrected chi connectivity index (χ2v) is 5.20. The normalized spacial score (nSPS) is 34.0. The highest BCUT2D eigenvalue weighted by atomic mass is 16.5. The molecule has 0 aromatic carbocycles. The minimum atomic E-state index is 0.472. The highest BCUT2D eigenvalue weighted by molar-refractivity contribution is 4.91. The smallest absolute Gasteiger partial charge is 0.0590 e. The van der Waals surface area contributed by atoms with Crippen LogP contribution in [0.4, 0.5) is 0 Å². The van der Waals surface area contributed by atoms with Crippen LogP contribution in [-0.4, -0.2) is 25.3 Å². The predicted octanol–water partition coefficient (Wildman–Crippen LogP) is 2.58. The SMILES string of the molecule is CCCNC(C1CCC1)C1CCOC1C. The van der Waals surface area contributed by atoms with E-state index in [2.05, 4.69) is 19.2 Å². The number of hydrogen-bond donors (Lipinski definition) is 1. The lowest BCUT2D eigenvalue weighted by atomic mass is 9.73. The summed E-state index contributed by atoms with van der Waals surface area (Å²) in [5.74, 6) is 1.70. The zero-order chi connectivity index (χ0) is 10.7. The fourth-order valence-corrected chi connectivity index (χ4v) is 3.00. The van der Waals surface area contributed by atoms with Gasteiger partial charge in [-0.1, -0.05) is 13.3 Å². The molecule has 0 spiro atoms. The van der Waals surface area contributed by atoms with E-state index in [1.54, 1.807) is 0 Å². The summed E-state index contributed by atoms with van der Waals surface area (Å²) in [4.78, 5) is 0. The summed E-state index contributed by atoms with van der Waals surface area (Å²) >= 11 is 0. The van der Waals surface area contributed by atoms with E-state index in [1.807, 2.05) is 0 Å². The highest BCUT2D eigenvalue weighted by Gasteiger charge is 2.38. The molecule has 0 aromatic rings. The largest absolute Gasteiger partial charge is 0.378 e. The maximum Gasteiger partial charge on any atom is 0.0590 e. The second-order valence-electron chi connectivity index (χ2n) is 5.20. The van der Waals surface area contributed by atoms with Gasteiger partial charge < -0.3 is 10.1 Å². The van der Waals surface area contributed by atoms with Gasteiger partial charge in [-0.15, -0.1) is 0 Å². The molecule has 15 heavy (non-hydrogen) atoms. The molecule has 88 valence electrons. The average Bonchev–Trinajstić information content (AvgIpc) is 2.55. The molecule has 3 unspecified atom stereocenters. The topological polar surface area (TPSA) is 21.3 Å². The van der Waals surface area contributed by atoms with Gasteiger partial charge in [-0.25, -0.2) is 0 Å². The number of ether oxygens (including phenoxy) is 1. The van der Waals surface area contributed by atoms with Crippen molar-refractivity contribution in [3.8, 4) is 0 Å². The third kappa shape index (κ3) is 2.54. The Kier molecular flexibility index (Phi) is 4.04. The highest BCUT2D eigenvalue weighted by Crippen LogP contribution is 2.37. The van der Waals surface area contributed by atoms with E-state index in [-0.39, 0.29) is 0 Å². The van der Waals surface area contributed by atoms with Crippen LogP contribution >= 0.6 is 0 Å². The fourth-order valence-electron chi connectivity index (χ4n) is 3.00. The van der Waals surface area contributed by atoms with E-state index in [0.717, 1.165) is 24.5 Å². The minimum absolute atomic E-state index is 0.472. The first-order valence-corrected chi connectivity index (χ1v) is 6.68. The van der Waals surface area contributed by atoms with Gasteiger partial charge in [0.2, 0.25) is 0 Å². The lowest BCUT2D eigenvalue weighted by Gasteiger charge is -2.39. The minimum Gasteiger partial charge on any atom is -0.378 e. The van der Waals surface area contributed by atoms with Crippen LogP contribution in [0.1, 0.15) is 46.0 Å². The molecule has 1 saturated carbocycles. The first-order chi connectivity index (χ1) is 7.33. The molecule has 2 fully saturated rings. The maximum atomic E-state index is 5.71. The first kappa shape index (κ1) is 11.4. The van der Waals surface area contributed by atoms with Crippen molar-refractivity contribution in [2.24, 2.45) is 11.8 Å². The van der Waals surface area contributed by atoms with E-state index in [4.69, 9.17) is 4.74 Å². The molecule has 1 saturated heterocycles. The standard InChI is InChI=1S/C13H25NO/c1-3-8-14-13(11-5-4-6-11)12-7-9-15-10(12)2/h10-14H,3-9H2,1-2H3. The molecule has 2 nitrogen and oxygen atoms in total. The van der Waals surface area contributed by atoms with Crippen molar-refractivity contribution in [1.82, 2.24) is 5.32 Å². The Labute approximate surface area is 93.8 Å². The maximum absolute atomic E-state index is 5.71. The van der Waals surface area contributed by atoms with Crippen LogP contribution in [-0.2, 0) is 4.74 Å². The van der Waals surface area contributed by atoms with Crippen LogP contribution < -0.4 is 5.32 Å². The van der Waals surface area contributed by atoms with Crippen LogP contribution in [0.3, 0.4) is 0 Å². The van der Waals surface area contributed by atoms with Crippen molar-refractivity contribution in [1.29, 1.82) is 0 Å². The van der Waals surface area contributed by atoms with E-state index < -0.39 is 0 Å². The number of hydrogen-bond acceptors (Lipinski definition) is 2. The van der Waals surface area contributed by atoms with Crippen molar-refractivity contribution in [2.75, 3.05) is 13.2 Å². The molecular formula is C13H25NO. The third-order valence-corrected chi connectivity index (χ3v) is 4.18. The molecule has 0 amide bonds. The van der Waals surface area contributed by atoms with E-state index >= 15 is 0 Å². The van der Waals surface area contributed by atoms with Gasteiger partial charge in [-0.2, -0.15) is 0 Å². The van der Waals surface area contributed by atoms with E-state index in [0.29, 0.717) is 6.10 Å². The molecule has 2 heteroatoms. The average molecular weight is 211 g/mol. The zero-order valence-electron chi connectivity index (χ0n) is 10.2. The van der Waals surface area contributed by atoms with Crippen molar-refractivity contribution < 1.29 is 4.74 Å². The van der Waals surface area contributed by atoms with Crippen LogP contribution in [0, 0.1) is 11.8 Å². The predicted molar refractivity (Wildman–Crippen MR) is 62.9 cm³/mol. The molecule has 0 radical (unpaired) electrons. The van der Waals surface area contributed by atoms with Gasteiger partial charge in [0.1, 0.15) is 0 Å². The number of nitrogens with one attached hydrogen (secondary N) is 1. The Bertz CT molecular complexity index is 191. The van der Waals surface area contributed by atoms with E-state index in [9.17, 15) is 0 Å². The monoisotopic (exact) mass is 211 g/mol. The molecule has 0 bridgehead atoms. The molecule has 0 aromatic heterocycles. The van der Waals surface area contributed by atoms with Gasteiger partial charge >= 0.3 is 0 Å². The Morgan fingerprint density at radius 3 is 2.60 bits per heavy atom. The second kappa shape index (κ2) is 5.31. The Morgan fingerprint density at radius 1 is 1.33 bits per heavy atom. The molecule has 1 aliphatic carbocycles. The Morgan fingerprint density at radius 2 is 2.13 bits per heavy atom. The molecule has 1 heterocycles. The molecular weight excluding hydrogens is 186 g/mol. The summed E-state index contributed by atoms with van der Waals surface area (Å²) in [5.41, 5.74) is 0. The molecule has 1 N–H and O–H groups in total. The van der Waals surface area contributed by atoms with Crippen LogP contribution in [0.15, 0.2) is 0 Å². The summed E-state index contributed by atoms with van der Waals surface area (Å²) in [6, 6.07) is 0.733. The molecule has 3 atom stereocenters. The molecule has 2 rings (SSSR count). The summed E-state index contributed by atoms with van der Waals surface area (Å²) < 4.78 is 5.71. The van der Waals surface area contributed by atoms with Crippen molar-refractivity contribution in [2.45, 2.75) is 58.1 Å². The summed E-state index contributed by atoms with van der Waals surface area (Å²) in [5, 5.41) is 3.76. The van der Waals surface area contributed by atoms with Gasteiger partial charge in [-0.3, -0.25) is 0 Å². The molecule has 2 aliphatic rings. The van der Waals surface area contributed by atoms with Gasteiger partial charge in [0, 0.05) is 18.6 Å². The number of rotatable bonds is 5. The van der Waals surface area contributed by atoms with Gasteiger partial charge in [0.15, 0.2) is 0 Å². The summed E-state index contributed by atoms with van der Waals surface area (Å²) in [6.45, 7) is 6.64. The Balaban J connectivity index is 1.90. The summed E-state index contributed by atoms with van der Waals surface area (Å²) in [7, 11) is 0. The van der Waals surface area contributed by atoms with Gasteiger partial charge in [-0.05, 0) is 45.1 Å². The third-order valence-electron chi connectivity index (χ3n) is 4.18. The van der Waals surface area contributed by atoms with Crippen LogP contribution in [0.2, 0.25) is 0 Å². The van der Waals surface area contributed by atoms with Crippen molar-refractivity contribution >= 4 is 0 Å². The zero-order valence-corrected chi connectivity index (χ0v) is 10.2. The van der Waals surface area contributed by atoms with Gasteiger partial charge in [0.05, 0.1) is 6.10 Å². The Hall–Kier alpha value is -0.0800. The van der Waals surface area contributed by atoms with Crippen LogP contribution in [0.5, 0.6) is 0 Å².